The first-order valence-electron chi connectivity index (χ1n) is 11.8. The van der Waals surface area contributed by atoms with Gasteiger partial charge in [-0.05, 0) is 72.4 Å². The van der Waals surface area contributed by atoms with Crippen molar-refractivity contribution in [3.63, 3.8) is 0 Å². The molecule has 7 nitrogen and oxygen atoms in total. The molecule has 1 aliphatic carbocycles. The molecule has 0 spiro atoms. The summed E-state index contributed by atoms with van der Waals surface area (Å²) in [5, 5.41) is 5.33. The minimum absolute atomic E-state index is 0.0709. The zero-order valence-corrected chi connectivity index (χ0v) is 20.2. The van der Waals surface area contributed by atoms with Crippen LogP contribution in [0, 0.1) is 5.92 Å². The van der Waals surface area contributed by atoms with Gasteiger partial charge in [0.25, 0.3) is 0 Å². The van der Waals surface area contributed by atoms with Gasteiger partial charge in [0.05, 0.1) is 17.8 Å². The molecule has 1 atom stereocenters. The molecule has 1 heterocycles. The fourth-order valence-corrected chi connectivity index (χ4v) is 4.28. The molecule has 1 unspecified atom stereocenters. The molecule has 0 saturated heterocycles. The molecule has 0 radical (unpaired) electrons. The Labute approximate surface area is 212 Å². The number of nitrogens with two attached hydrogens (primary N) is 1. The predicted molar refractivity (Wildman–Crippen MR) is 132 cm³/mol. The second-order valence-corrected chi connectivity index (χ2v) is 8.97. The molecule has 0 fully saturated rings. The van der Waals surface area contributed by atoms with Gasteiger partial charge < -0.3 is 21.1 Å². The fourth-order valence-electron chi connectivity index (χ4n) is 4.28. The van der Waals surface area contributed by atoms with E-state index in [1.54, 1.807) is 18.3 Å². The number of amides is 2. The van der Waals surface area contributed by atoms with Crippen molar-refractivity contribution in [1.82, 2.24) is 10.3 Å². The number of nitrogens with one attached hydrogen (secondary N) is 2. The third kappa shape index (κ3) is 6.85. The number of ether oxygens (including phenoxy) is 1. The van der Waals surface area contributed by atoms with Gasteiger partial charge in [-0.3, -0.25) is 14.6 Å². The molecule has 4 N–H and O–H groups in total. The molecule has 1 aromatic heterocycles. The van der Waals surface area contributed by atoms with E-state index in [-0.39, 0.29) is 36.2 Å². The average Bonchev–Trinajstić information content (AvgIpc) is 2.86. The van der Waals surface area contributed by atoms with Crippen LogP contribution < -0.4 is 21.1 Å². The molecule has 3 aromatic rings. The first-order chi connectivity index (χ1) is 17.6. The van der Waals surface area contributed by atoms with E-state index < -0.39 is 17.7 Å². The fraction of sp³-hybridized carbons (Fsp3) is 0.296. The molecule has 0 aliphatic heterocycles. The Kier molecular flexibility index (Phi) is 7.77. The van der Waals surface area contributed by atoms with Crippen LogP contribution in [0.25, 0.3) is 0 Å². The highest BCUT2D eigenvalue weighted by molar-refractivity contribution is 5.93. The van der Waals surface area contributed by atoms with Crippen LogP contribution in [-0.2, 0) is 41.7 Å². The molecular weight excluding hydrogens is 485 g/mol. The Morgan fingerprint density at radius 3 is 2.59 bits per heavy atom. The van der Waals surface area contributed by atoms with Gasteiger partial charge in [0, 0.05) is 37.3 Å². The number of halogens is 3. The number of carbonyl (C=O) groups excluding carboxylic acids is 2. The van der Waals surface area contributed by atoms with Crippen LogP contribution in [0.5, 0.6) is 11.5 Å². The summed E-state index contributed by atoms with van der Waals surface area (Å²) in [6.45, 7) is 1.64. The van der Waals surface area contributed by atoms with Crippen molar-refractivity contribution in [2.75, 3.05) is 5.32 Å². The Balaban J connectivity index is 1.45. The van der Waals surface area contributed by atoms with Gasteiger partial charge in [0.15, 0.2) is 0 Å². The lowest BCUT2D eigenvalue weighted by Gasteiger charge is -2.25. The van der Waals surface area contributed by atoms with Crippen molar-refractivity contribution in [2.45, 2.75) is 45.5 Å². The Bertz CT molecular complexity index is 1310. The van der Waals surface area contributed by atoms with E-state index in [0.717, 1.165) is 23.3 Å². The van der Waals surface area contributed by atoms with Gasteiger partial charge in [-0.15, -0.1) is 0 Å². The maximum absolute atomic E-state index is 13.2. The molecule has 1 aliphatic rings. The largest absolute Gasteiger partial charge is 0.457 e. The van der Waals surface area contributed by atoms with Crippen LogP contribution >= 0.6 is 0 Å². The Hall–Kier alpha value is -3.92. The first kappa shape index (κ1) is 26.2. The highest BCUT2D eigenvalue weighted by Gasteiger charge is 2.32. The van der Waals surface area contributed by atoms with Gasteiger partial charge in [-0.25, -0.2) is 0 Å². The minimum atomic E-state index is -4.54. The minimum Gasteiger partial charge on any atom is -0.457 e. The van der Waals surface area contributed by atoms with Crippen molar-refractivity contribution in [1.29, 1.82) is 0 Å². The molecule has 0 bridgehead atoms. The van der Waals surface area contributed by atoms with Gasteiger partial charge in [-0.1, -0.05) is 6.07 Å². The second-order valence-electron chi connectivity index (χ2n) is 8.97. The third-order valence-electron chi connectivity index (χ3n) is 6.14. The zero-order valence-electron chi connectivity index (χ0n) is 20.2. The topological polar surface area (TPSA) is 106 Å². The van der Waals surface area contributed by atoms with Crippen molar-refractivity contribution >= 4 is 17.5 Å². The number of alkyl halides is 3. The smallest absolute Gasteiger partial charge is 0.416 e. The lowest BCUT2D eigenvalue weighted by molar-refractivity contribution is -0.137. The summed E-state index contributed by atoms with van der Waals surface area (Å²) >= 11 is 0. The van der Waals surface area contributed by atoms with Gasteiger partial charge in [0.2, 0.25) is 11.8 Å². The third-order valence-corrected chi connectivity index (χ3v) is 6.14. The summed E-state index contributed by atoms with van der Waals surface area (Å²) in [4.78, 5) is 28.3. The Morgan fingerprint density at radius 2 is 1.86 bits per heavy atom. The lowest BCUT2D eigenvalue weighted by atomic mass is 9.83. The highest BCUT2D eigenvalue weighted by atomic mass is 19.4. The molecule has 194 valence electrons. The van der Waals surface area contributed by atoms with Crippen LogP contribution in [0.2, 0.25) is 0 Å². The summed E-state index contributed by atoms with van der Waals surface area (Å²) in [6, 6.07) is 12.5. The number of pyridine rings is 1. The van der Waals surface area contributed by atoms with E-state index in [9.17, 15) is 22.8 Å². The number of hydrogen-bond donors (Lipinski definition) is 3. The second kappa shape index (κ2) is 11.0. The summed E-state index contributed by atoms with van der Waals surface area (Å²) < 4.78 is 45.7. The molecule has 37 heavy (non-hydrogen) atoms. The van der Waals surface area contributed by atoms with E-state index in [0.29, 0.717) is 36.5 Å². The van der Waals surface area contributed by atoms with E-state index in [1.165, 1.54) is 13.0 Å². The lowest BCUT2D eigenvalue weighted by Crippen LogP contribution is -2.28. The standard InChI is InChI=1S/C27H27F3N4O3/c1-16(35)33-15-23-13-25(6-7-32-23)37-24-5-4-18-2-3-19(10-20(18)11-24)26(36)34-22-9-17(14-31)8-21(12-22)27(28,29)30/h4-9,11-13,19H,2-3,10,14-15,31H2,1H3,(H,33,35)(H,34,36). The number of nitrogens with zero attached hydrogens (tertiary/aromatic N) is 1. The summed E-state index contributed by atoms with van der Waals surface area (Å²) in [5.41, 5.74) is 7.76. The first-order valence-corrected chi connectivity index (χ1v) is 11.8. The van der Waals surface area contributed by atoms with Crippen molar-refractivity contribution in [2.24, 2.45) is 11.7 Å². The van der Waals surface area contributed by atoms with Gasteiger partial charge in [0.1, 0.15) is 11.5 Å². The van der Waals surface area contributed by atoms with Crippen LogP contribution in [-0.4, -0.2) is 16.8 Å². The number of hydrogen-bond acceptors (Lipinski definition) is 5. The maximum Gasteiger partial charge on any atom is 0.416 e. The predicted octanol–water partition coefficient (Wildman–Crippen LogP) is 4.73. The normalized spacial score (nSPS) is 15.0. The van der Waals surface area contributed by atoms with Gasteiger partial charge in [-0.2, -0.15) is 13.2 Å². The number of benzene rings is 2. The summed E-state index contributed by atoms with van der Waals surface area (Å²) in [6.07, 6.45) is -1.26. The molecule has 4 rings (SSSR count). The number of fused-ring (bicyclic) bond motifs is 1. The average molecular weight is 513 g/mol. The van der Waals surface area contributed by atoms with Crippen molar-refractivity contribution in [3.05, 3.63) is 82.7 Å². The Morgan fingerprint density at radius 1 is 1.08 bits per heavy atom. The van der Waals surface area contributed by atoms with Gasteiger partial charge >= 0.3 is 6.18 Å². The summed E-state index contributed by atoms with van der Waals surface area (Å²) in [7, 11) is 0. The van der Waals surface area contributed by atoms with Crippen molar-refractivity contribution < 1.29 is 27.5 Å². The quantitative estimate of drug-likeness (QED) is 0.424. The van der Waals surface area contributed by atoms with E-state index in [2.05, 4.69) is 15.6 Å². The molecular formula is C27H27F3N4O3. The number of carbonyl (C=O) groups is 2. The monoisotopic (exact) mass is 512 g/mol. The van der Waals surface area contributed by atoms with E-state index in [4.69, 9.17) is 10.5 Å². The van der Waals surface area contributed by atoms with Crippen molar-refractivity contribution in [3.8, 4) is 11.5 Å². The molecule has 2 amide bonds. The molecule has 10 heteroatoms. The summed E-state index contributed by atoms with van der Waals surface area (Å²) in [5.74, 6) is 0.247. The highest BCUT2D eigenvalue weighted by Crippen LogP contribution is 2.34. The van der Waals surface area contributed by atoms with Crippen LogP contribution in [0.4, 0.5) is 18.9 Å². The number of anilines is 1. The number of aromatic nitrogens is 1. The van der Waals surface area contributed by atoms with Crippen LogP contribution in [0.3, 0.4) is 0 Å². The zero-order chi connectivity index (χ0) is 26.6. The van der Waals surface area contributed by atoms with Crippen LogP contribution in [0.1, 0.15) is 41.3 Å². The SMILES string of the molecule is CC(=O)NCc1cc(Oc2ccc3c(c2)CC(C(=O)Nc2cc(CN)cc(C(F)(F)F)c2)CC3)ccn1. The molecule has 0 saturated carbocycles. The van der Waals surface area contributed by atoms with Crippen LogP contribution in [0.15, 0.2) is 54.7 Å². The number of rotatable bonds is 7. The van der Waals surface area contributed by atoms with E-state index in [1.807, 2.05) is 18.2 Å². The number of aryl methyl sites for hydroxylation is 1. The molecule has 2 aromatic carbocycles. The maximum atomic E-state index is 13.2. The van der Waals surface area contributed by atoms with E-state index >= 15 is 0 Å².